The third kappa shape index (κ3) is 3.59. The number of ether oxygens (including phenoxy) is 2. The van der Waals surface area contributed by atoms with E-state index in [9.17, 15) is 24.5 Å². The van der Waals surface area contributed by atoms with Crippen molar-refractivity contribution in [1.29, 1.82) is 0 Å². The number of carbonyl (C=O) groups excluding carboxylic acids is 3. The lowest BCUT2D eigenvalue weighted by atomic mass is 9.83. The van der Waals surface area contributed by atoms with Crippen molar-refractivity contribution in [2.24, 2.45) is 5.92 Å². The van der Waals surface area contributed by atoms with Crippen LogP contribution >= 0.6 is 12.6 Å². The van der Waals surface area contributed by atoms with Gasteiger partial charge in [-0.25, -0.2) is 4.79 Å². The number of benzene rings is 1. The van der Waals surface area contributed by atoms with Crippen molar-refractivity contribution in [3.63, 3.8) is 0 Å². The predicted octanol–water partition coefficient (Wildman–Crippen LogP) is 1.96. The lowest BCUT2D eigenvalue weighted by molar-refractivity contribution is -0.384. The minimum absolute atomic E-state index is 0.0619. The van der Waals surface area contributed by atoms with E-state index in [4.69, 9.17) is 9.47 Å². The van der Waals surface area contributed by atoms with Gasteiger partial charge in [0.2, 0.25) is 5.91 Å². The minimum Gasteiger partial charge on any atom is -0.462 e. The number of nitrogens with zero attached hydrogens (tertiary/aromatic N) is 2. The third-order valence-corrected chi connectivity index (χ3v) is 5.15. The number of amides is 1. The Labute approximate surface area is 165 Å². The van der Waals surface area contributed by atoms with Crippen LogP contribution in [0.1, 0.15) is 25.8 Å². The molecule has 0 aromatic heterocycles. The van der Waals surface area contributed by atoms with Gasteiger partial charge in [0.25, 0.3) is 5.69 Å². The highest BCUT2D eigenvalue weighted by molar-refractivity contribution is 7.84. The maximum atomic E-state index is 12.5. The molecule has 1 fully saturated rings. The van der Waals surface area contributed by atoms with Gasteiger partial charge in [-0.3, -0.25) is 19.7 Å². The molecule has 0 spiro atoms. The first-order chi connectivity index (χ1) is 13.2. The topological polar surface area (TPSA) is 116 Å². The van der Waals surface area contributed by atoms with E-state index < -0.39 is 28.9 Å². The average molecular weight is 406 g/mol. The second-order valence-electron chi connectivity index (χ2n) is 6.62. The molecule has 9 nitrogen and oxygen atoms in total. The molecule has 1 aromatic carbocycles. The fourth-order valence-corrected chi connectivity index (χ4v) is 3.88. The molecule has 3 rings (SSSR count). The van der Waals surface area contributed by atoms with Crippen LogP contribution in [0.2, 0.25) is 0 Å². The second kappa shape index (κ2) is 7.63. The number of nitro benzene ring substituents is 1. The minimum atomic E-state index is -0.696. The van der Waals surface area contributed by atoms with E-state index in [-0.39, 0.29) is 29.9 Å². The van der Waals surface area contributed by atoms with Gasteiger partial charge < -0.3 is 14.4 Å². The molecule has 148 valence electrons. The summed E-state index contributed by atoms with van der Waals surface area (Å²) in [5.41, 5.74) is 0.603. The molecule has 2 heterocycles. The Morgan fingerprint density at radius 3 is 2.57 bits per heavy atom. The lowest BCUT2D eigenvalue weighted by Crippen LogP contribution is -2.62. The maximum Gasteiger partial charge on any atom is 0.356 e. The van der Waals surface area contributed by atoms with Crippen LogP contribution < -0.4 is 0 Å². The smallest absolute Gasteiger partial charge is 0.356 e. The molecule has 28 heavy (non-hydrogen) atoms. The van der Waals surface area contributed by atoms with Gasteiger partial charge in [0.15, 0.2) is 0 Å². The van der Waals surface area contributed by atoms with E-state index in [0.717, 1.165) is 0 Å². The van der Waals surface area contributed by atoms with Crippen LogP contribution in [0.25, 0.3) is 0 Å². The summed E-state index contributed by atoms with van der Waals surface area (Å²) in [5, 5.41) is 10.7. The molecule has 2 aliphatic rings. The molecule has 0 saturated carbocycles. The quantitative estimate of drug-likeness (QED) is 0.252. The zero-order valence-electron chi connectivity index (χ0n) is 15.2. The third-order valence-electron chi connectivity index (χ3n) is 4.75. The SMILES string of the molecule is CC(=O)O[C@@H](C)[C@H]1C(=O)N2C(C(=O)OCc3ccc([N+](=O)[O-])cc3)=C(S)C[C@H]12. The van der Waals surface area contributed by atoms with Gasteiger partial charge in [0, 0.05) is 30.4 Å². The van der Waals surface area contributed by atoms with Crippen molar-refractivity contribution in [3.05, 3.63) is 50.5 Å². The number of β-lactam (4-membered cyclic amide) rings is 1. The van der Waals surface area contributed by atoms with Crippen LogP contribution in [0.3, 0.4) is 0 Å². The Bertz CT molecular complexity index is 880. The van der Waals surface area contributed by atoms with Gasteiger partial charge in [-0.1, -0.05) is 0 Å². The van der Waals surface area contributed by atoms with E-state index in [0.29, 0.717) is 16.9 Å². The summed E-state index contributed by atoms with van der Waals surface area (Å²) in [7, 11) is 0. The van der Waals surface area contributed by atoms with E-state index in [1.54, 1.807) is 6.92 Å². The summed E-state index contributed by atoms with van der Waals surface area (Å²) < 4.78 is 10.4. The van der Waals surface area contributed by atoms with Gasteiger partial charge in [0.1, 0.15) is 18.4 Å². The van der Waals surface area contributed by atoms with Crippen molar-refractivity contribution in [1.82, 2.24) is 4.90 Å². The monoisotopic (exact) mass is 406 g/mol. The molecule has 1 aromatic rings. The molecule has 1 amide bonds. The number of carbonyl (C=O) groups is 3. The zero-order valence-corrected chi connectivity index (χ0v) is 16.0. The molecule has 2 aliphatic heterocycles. The first-order valence-corrected chi connectivity index (χ1v) is 8.98. The molecule has 1 saturated heterocycles. The van der Waals surface area contributed by atoms with E-state index in [1.165, 1.54) is 36.1 Å². The van der Waals surface area contributed by atoms with Crippen molar-refractivity contribution >= 4 is 36.2 Å². The van der Waals surface area contributed by atoms with E-state index in [2.05, 4.69) is 12.6 Å². The fraction of sp³-hybridized carbons (Fsp3) is 0.389. The number of nitro groups is 1. The van der Waals surface area contributed by atoms with Gasteiger partial charge in [-0.05, 0) is 24.6 Å². The van der Waals surface area contributed by atoms with Crippen LogP contribution in [-0.2, 0) is 30.5 Å². The van der Waals surface area contributed by atoms with Gasteiger partial charge in [-0.2, -0.15) is 0 Å². The predicted molar refractivity (Wildman–Crippen MR) is 98.9 cm³/mol. The van der Waals surface area contributed by atoms with Crippen molar-refractivity contribution in [2.75, 3.05) is 0 Å². The largest absolute Gasteiger partial charge is 0.462 e. The lowest BCUT2D eigenvalue weighted by Gasteiger charge is -2.45. The highest BCUT2D eigenvalue weighted by Crippen LogP contribution is 2.45. The normalized spacial score (nSPS) is 21.7. The number of thiol groups is 1. The number of rotatable bonds is 6. The number of hydrogen-bond acceptors (Lipinski definition) is 8. The van der Waals surface area contributed by atoms with Crippen LogP contribution in [0.4, 0.5) is 5.69 Å². The molecular weight excluding hydrogens is 388 g/mol. The molecule has 3 atom stereocenters. The Hall–Kier alpha value is -2.88. The molecule has 0 unspecified atom stereocenters. The van der Waals surface area contributed by atoms with E-state index in [1.807, 2.05) is 0 Å². The molecule has 0 bridgehead atoms. The summed E-state index contributed by atoms with van der Waals surface area (Å²) in [6, 6.07) is 5.32. The number of fused-ring (bicyclic) bond motifs is 1. The molecule has 0 N–H and O–H groups in total. The summed E-state index contributed by atoms with van der Waals surface area (Å²) >= 11 is 4.32. The Kier molecular flexibility index (Phi) is 5.41. The first-order valence-electron chi connectivity index (χ1n) is 8.53. The number of esters is 2. The Morgan fingerprint density at radius 2 is 2.00 bits per heavy atom. The molecule has 0 aliphatic carbocycles. The second-order valence-corrected chi connectivity index (χ2v) is 7.15. The summed E-state index contributed by atoms with van der Waals surface area (Å²) in [6.07, 6.45) is -0.213. The Balaban J connectivity index is 1.63. The highest BCUT2D eigenvalue weighted by Gasteiger charge is 2.57. The first kappa shape index (κ1) is 19.9. The standard InChI is InChI=1S/C18H18N2O7S/c1-9(27-10(2)21)15-13-7-14(28)16(19(13)17(15)22)18(23)26-8-11-3-5-12(6-4-11)20(24)25/h3-6,9,13,15,28H,7-8H2,1-2H3/t9-,13+,15+/m0/s1. The number of non-ortho nitro benzene ring substituents is 1. The van der Waals surface area contributed by atoms with Crippen molar-refractivity contribution < 1.29 is 28.8 Å². The fourth-order valence-electron chi connectivity index (χ4n) is 3.49. The van der Waals surface area contributed by atoms with Gasteiger partial charge >= 0.3 is 11.9 Å². The van der Waals surface area contributed by atoms with Gasteiger partial charge in [-0.15, -0.1) is 12.6 Å². The van der Waals surface area contributed by atoms with Crippen LogP contribution in [0, 0.1) is 16.0 Å². The average Bonchev–Trinajstić information content (AvgIpc) is 2.92. The van der Waals surface area contributed by atoms with Crippen LogP contribution in [0.5, 0.6) is 0 Å². The van der Waals surface area contributed by atoms with E-state index >= 15 is 0 Å². The Morgan fingerprint density at radius 1 is 1.36 bits per heavy atom. The summed E-state index contributed by atoms with van der Waals surface area (Å²) in [6.45, 7) is 2.82. The summed E-state index contributed by atoms with van der Waals surface area (Å²) in [4.78, 5) is 48.0. The maximum absolute atomic E-state index is 12.5. The van der Waals surface area contributed by atoms with Crippen molar-refractivity contribution in [2.45, 2.75) is 39.0 Å². The molecular formula is C18H18N2O7S. The highest BCUT2D eigenvalue weighted by atomic mass is 32.1. The van der Waals surface area contributed by atoms with Gasteiger partial charge in [0.05, 0.1) is 16.9 Å². The molecule has 0 radical (unpaired) electrons. The number of hydrogen-bond donors (Lipinski definition) is 1. The van der Waals surface area contributed by atoms with Crippen molar-refractivity contribution in [3.8, 4) is 0 Å². The van der Waals surface area contributed by atoms with Crippen LogP contribution in [-0.4, -0.2) is 39.8 Å². The van der Waals surface area contributed by atoms with Crippen LogP contribution in [0.15, 0.2) is 34.9 Å². The summed E-state index contributed by atoms with van der Waals surface area (Å²) in [5.74, 6) is -2.01. The zero-order chi connectivity index (χ0) is 20.6. The molecule has 10 heteroatoms.